The van der Waals surface area contributed by atoms with Crippen molar-refractivity contribution in [2.45, 2.75) is 149 Å². The second-order valence-electron chi connectivity index (χ2n) is 9.47. The van der Waals surface area contributed by atoms with Crippen LogP contribution in [0.1, 0.15) is 149 Å². The van der Waals surface area contributed by atoms with Gasteiger partial charge in [-0.25, -0.2) is 8.42 Å². The average molecular weight is 497 g/mol. The molecule has 0 aromatic carbocycles. The van der Waals surface area contributed by atoms with E-state index in [-0.39, 0.29) is 42.1 Å². The molecule has 0 saturated heterocycles. The van der Waals surface area contributed by atoms with Crippen LogP contribution in [0.15, 0.2) is 12.2 Å². The van der Waals surface area contributed by atoms with Gasteiger partial charge in [-0.15, -0.1) is 0 Å². The first-order valence-corrected chi connectivity index (χ1v) is 15.1. The van der Waals surface area contributed by atoms with Crippen molar-refractivity contribution in [3.05, 3.63) is 12.2 Å². The first-order valence-electron chi connectivity index (χ1n) is 13.8. The van der Waals surface area contributed by atoms with E-state index in [9.17, 15) is 13.0 Å². The van der Waals surface area contributed by atoms with Crippen LogP contribution in [-0.4, -0.2) is 19.6 Å². The van der Waals surface area contributed by atoms with Crippen molar-refractivity contribution in [1.82, 2.24) is 0 Å². The van der Waals surface area contributed by atoms with Crippen LogP contribution in [0.2, 0.25) is 0 Å². The molecule has 1 unspecified atom stereocenters. The monoisotopic (exact) mass is 496 g/mol. The Kier molecular flexibility index (Phi) is 29.5. The van der Waals surface area contributed by atoms with Gasteiger partial charge in [-0.3, -0.25) is 4.18 Å². The molecule has 0 N–H and O–H groups in total. The number of hydrogen-bond acceptors (Lipinski definition) is 4. The zero-order valence-corrected chi connectivity index (χ0v) is 25.1. The molecule has 0 fully saturated rings. The first-order chi connectivity index (χ1) is 15.5. The molecule has 0 radical (unpaired) electrons. The summed E-state index contributed by atoms with van der Waals surface area (Å²) in [5.41, 5.74) is 0. The smallest absolute Gasteiger partial charge is 0.726 e. The zero-order chi connectivity index (χ0) is 23.8. The van der Waals surface area contributed by atoms with E-state index in [1.54, 1.807) is 0 Å². The second-order valence-corrected chi connectivity index (χ2v) is 10.5. The topological polar surface area (TPSA) is 66.4 Å². The van der Waals surface area contributed by atoms with E-state index < -0.39 is 10.4 Å². The van der Waals surface area contributed by atoms with E-state index in [0.717, 1.165) is 25.7 Å². The summed E-state index contributed by atoms with van der Waals surface area (Å²) < 4.78 is 36.8. The van der Waals surface area contributed by atoms with Crippen LogP contribution in [0.5, 0.6) is 0 Å². The molecule has 33 heavy (non-hydrogen) atoms. The van der Waals surface area contributed by atoms with Crippen LogP contribution in [0.3, 0.4) is 0 Å². The van der Waals surface area contributed by atoms with Gasteiger partial charge in [0.05, 0.1) is 6.61 Å². The Labute approximate surface area is 229 Å². The van der Waals surface area contributed by atoms with Gasteiger partial charge in [0.1, 0.15) is 0 Å². The molecule has 0 aliphatic rings. The quantitative estimate of drug-likeness (QED) is 0.0521. The molecular weight excluding hydrogens is 443 g/mol. The van der Waals surface area contributed by atoms with Gasteiger partial charge in [0.15, 0.2) is 0 Å². The predicted molar refractivity (Wildman–Crippen MR) is 137 cm³/mol. The van der Waals surface area contributed by atoms with E-state index in [1.807, 2.05) is 0 Å². The SMILES string of the molecule is CCCCCCCCCCCCCCCC/C=C/C(CCCCCCC)COS(=O)(=O)[O-].[Na+]. The van der Waals surface area contributed by atoms with Crippen molar-refractivity contribution in [2.75, 3.05) is 6.61 Å². The summed E-state index contributed by atoms with van der Waals surface area (Å²) in [6.45, 7) is 4.44. The molecule has 192 valence electrons. The molecule has 6 heteroatoms. The maximum atomic E-state index is 10.8. The van der Waals surface area contributed by atoms with E-state index >= 15 is 0 Å². The van der Waals surface area contributed by atoms with Crippen LogP contribution in [-0.2, 0) is 14.6 Å². The van der Waals surface area contributed by atoms with E-state index in [4.69, 9.17) is 0 Å². The molecular formula is C27H53NaO4S. The maximum Gasteiger partial charge on any atom is 1.00 e. The molecule has 4 nitrogen and oxygen atoms in total. The summed E-state index contributed by atoms with van der Waals surface area (Å²) in [7, 11) is -4.60. The third-order valence-electron chi connectivity index (χ3n) is 6.24. The predicted octanol–water partition coefficient (Wildman–Crippen LogP) is 5.87. The Morgan fingerprint density at radius 1 is 0.667 bits per heavy atom. The summed E-state index contributed by atoms with van der Waals surface area (Å²) in [6, 6.07) is 0. The molecule has 0 heterocycles. The second kappa shape index (κ2) is 27.2. The third-order valence-corrected chi connectivity index (χ3v) is 6.66. The van der Waals surface area contributed by atoms with Crippen LogP contribution in [0, 0.1) is 5.92 Å². The van der Waals surface area contributed by atoms with Crippen LogP contribution < -0.4 is 29.6 Å². The minimum atomic E-state index is -4.60. The maximum absolute atomic E-state index is 10.8. The summed E-state index contributed by atoms with van der Waals surface area (Å²) in [6.07, 6.45) is 31.1. The summed E-state index contributed by atoms with van der Waals surface area (Å²) in [5.74, 6) is 0.0204. The van der Waals surface area contributed by atoms with Gasteiger partial charge in [-0.2, -0.15) is 0 Å². The molecule has 0 aliphatic carbocycles. The molecule has 0 rings (SSSR count). The third kappa shape index (κ3) is 30.6. The van der Waals surface area contributed by atoms with Gasteiger partial charge in [0.2, 0.25) is 10.4 Å². The minimum absolute atomic E-state index is 0. The molecule has 0 aromatic rings. The van der Waals surface area contributed by atoms with E-state index in [0.29, 0.717) is 0 Å². The zero-order valence-electron chi connectivity index (χ0n) is 22.3. The van der Waals surface area contributed by atoms with Crippen molar-refractivity contribution in [3.8, 4) is 0 Å². The van der Waals surface area contributed by atoms with Crippen LogP contribution in [0.25, 0.3) is 0 Å². The molecule has 0 spiro atoms. The summed E-state index contributed by atoms with van der Waals surface area (Å²) in [5, 5.41) is 0. The van der Waals surface area contributed by atoms with Crippen molar-refractivity contribution in [1.29, 1.82) is 0 Å². The van der Waals surface area contributed by atoms with Gasteiger partial charge < -0.3 is 4.55 Å². The van der Waals surface area contributed by atoms with Crippen LogP contribution >= 0.6 is 0 Å². The summed E-state index contributed by atoms with van der Waals surface area (Å²) >= 11 is 0. The molecule has 0 bridgehead atoms. The van der Waals surface area contributed by atoms with Gasteiger partial charge in [0, 0.05) is 5.92 Å². The first kappa shape index (κ1) is 35.8. The average Bonchev–Trinajstić information content (AvgIpc) is 2.75. The minimum Gasteiger partial charge on any atom is -0.726 e. The van der Waals surface area contributed by atoms with E-state index in [1.165, 1.54) is 109 Å². The van der Waals surface area contributed by atoms with E-state index in [2.05, 4.69) is 30.2 Å². The van der Waals surface area contributed by atoms with Crippen molar-refractivity contribution in [2.24, 2.45) is 5.92 Å². The molecule has 0 aliphatic heterocycles. The van der Waals surface area contributed by atoms with Crippen molar-refractivity contribution in [3.63, 3.8) is 0 Å². The number of unbranched alkanes of at least 4 members (excludes halogenated alkanes) is 18. The Balaban J connectivity index is 0. The fourth-order valence-corrected chi connectivity index (χ4v) is 4.50. The summed E-state index contributed by atoms with van der Waals surface area (Å²) in [4.78, 5) is 0. The van der Waals surface area contributed by atoms with Crippen LogP contribution in [0.4, 0.5) is 0 Å². The number of allylic oxidation sites excluding steroid dienone is 1. The Hall–Kier alpha value is 0.610. The van der Waals surface area contributed by atoms with Gasteiger partial charge in [-0.1, -0.05) is 142 Å². The molecule has 0 saturated carbocycles. The Morgan fingerprint density at radius 2 is 1.06 bits per heavy atom. The Bertz CT molecular complexity index is 508. The normalized spacial score (nSPS) is 12.8. The molecule has 0 aromatic heterocycles. The van der Waals surface area contributed by atoms with Crippen molar-refractivity contribution < 1.29 is 46.7 Å². The molecule has 0 amide bonds. The van der Waals surface area contributed by atoms with Gasteiger partial charge >= 0.3 is 29.6 Å². The number of hydrogen-bond donors (Lipinski definition) is 0. The molecule has 1 atom stereocenters. The largest absolute Gasteiger partial charge is 1.00 e. The standard InChI is InChI=1S/C27H54O4S.Na/c1-3-5-7-9-10-11-12-13-14-15-16-17-18-19-21-23-25-27(26-31-32(28,29)30)24-22-20-8-6-4-2;/h23,25,27H,3-22,24,26H2,1-2H3,(H,28,29,30);/q;+1/p-1/b25-23+;. The van der Waals surface area contributed by atoms with Gasteiger partial charge in [-0.05, 0) is 19.3 Å². The Morgan fingerprint density at radius 3 is 1.48 bits per heavy atom. The van der Waals surface area contributed by atoms with Crippen molar-refractivity contribution >= 4 is 10.4 Å². The fourth-order valence-electron chi connectivity index (χ4n) is 4.16. The van der Waals surface area contributed by atoms with Gasteiger partial charge in [0.25, 0.3) is 0 Å². The number of rotatable bonds is 25. The fraction of sp³-hybridized carbons (Fsp3) is 0.926.